The third-order valence-electron chi connectivity index (χ3n) is 4.64. The molecule has 0 unspecified atom stereocenters. The van der Waals surface area contributed by atoms with Crippen LogP contribution in [-0.4, -0.2) is 12.1 Å². The Bertz CT molecular complexity index is 624. The predicted octanol–water partition coefficient (Wildman–Crippen LogP) is 6.98. The maximum atomic E-state index is 9.84. The lowest BCUT2D eigenvalue weighted by Gasteiger charge is -2.11. The molecule has 0 bridgehead atoms. The molecule has 3 heteroatoms. The molecule has 0 saturated heterocycles. The molecule has 1 nitrogen and oxygen atoms in total. The molecular formula is C22H29IOSi. The molecule has 1 N–H and O–H groups in total. The van der Waals surface area contributed by atoms with E-state index in [1.54, 1.807) is 6.07 Å². The fourth-order valence-electron chi connectivity index (χ4n) is 3.20. The minimum absolute atomic E-state index is 0.374. The van der Waals surface area contributed by atoms with E-state index in [0.29, 0.717) is 5.75 Å². The van der Waals surface area contributed by atoms with Gasteiger partial charge in [0.25, 0.3) is 0 Å². The van der Waals surface area contributed by atoms with E-state index in [0.717, 1.165) is 13.4 Å². The number of phenolic OH excluding ortho intramolecular Hbond substituents is 1. The van der Waals surface area contributed by atoms with Crippen LogP contribution in [0.4, 0.5) is 0 Å². The summed E-state index contributed by atoms with van der Waals surface area (Å²) < 4.78 is 0. The summed E-state index contributed by atoms with van der Waals surface area (Å²) in [7, 11) is 0.975. The van der Waals surface area contributed by atoms with Gasteiger partial charge in [-0.3, -0.25) is 0 Å². The van der Waals surface area contributed by atoms with Crippen LogP contribution < -0.4 is 0 Å². The molecule has 0 spiro atoms. The third-order valence-corrected chi connectivity index (χ3v) is 6.80. The fraction of sp³-hybridized carbons (Fsp3) is 0.455. The largest absolute Gasteiger partial charge is 0.508 e. The van der Waals surface area contributed by atoms with Gasteiger partial charge in [0, 0.05) is 0 Å². The van der Waals surface area contributed by atoms with Gasteiger partial charge in [-0.15, -0.1) is 21.8 Å². The quantitative estimate of drug-likeness (QED) is 0.165. The second-order valence-electron chi connectivity index (χ2n) is 6.69. The Morgan fingerprint density at radius 3 is 2.36 bits per heavy atom. The zero-order valence-electron chi connectivity index (χ0n) is 15.2. The lowest BCUT2D eigenvalue weighted by Crippen LogP contribution is -1.92. The van der Waals surface area contributed by atoms with E-state index in [1.807, 2.05) is 6.07 Å². The molecule has 2 radical (unpaired) electrons. The van der Waals surface area contributed by atoms with E-state index in [2.05, 4.69) is 59.1 Å². The molecule has 25 heavy (non-hydrogen) atoms. The summed E-state index contributed by atoms with van der Waals surface area (Å²) in [6, 6.07) is 16.1. The number of rotatable bonds is 11. The Kier molecular flexibility index (Phi) is 9.62. The summed E-state index contributed by atoms with van der Waals surface area (Å²) >= 11 is 2.46. The van der Waals surface area contributed by atoms with Crippen molar-refractivity contribution < 1.29 is 5.11 Å². The van der Waals surface area contributed by atoms with Crippen LogP contribution in [0.3, 0.4) is 0 Å². The second kappa shape index (κ2) is 11.7. The van der Waals surface area contributed by atoms with Crippen molar-refractivity contribution in [3.05, 3.63) is 53.6 Å². The molecule has 134 valence electrons. The highest BCUT2D eigenvalue weighted by atomic mass is 127. The van der Waals surface area contributed by atoms with Crippen LogP contribution in [-0.2, 0) is 12.8 Å². The summed E-state index contributed by atoms with van der Waals surface area (Å²) in [5.74, 6) is 0.374. The number of halogens is 1. The minimum atomic E-state index is 0.374. The van der Waals surface area contributed by atoms with Gasteiger partial charge in [-0.25, -0.2) is 0 Å². The number of hydrogen-bond acceptors (Lipinski definition) is 1. The molecule has 0 amide bonds. The lowest BCUT2D eigenvalue weighted by molar-refractivity contribution is 0.474. The average Bonchev–Trinajstić information content (AvgIpc) is 2.63. The summed E-state index contributed by atoms with van der Waals surface area (Å²) in [6.07, 6.45) is 10.1. The Morgan fingerprint density at radius 2 is 1.64 bits per heavy atom. The van der Waals surface area contributed by atoms with Gasteiger partial charge in [-0.05, 0) is 53.6 Å². The van der Waals surface area contributed by atoms with Crippen LogP contribution in [0.1, 0.15) is 56.6 Å². The van der Waals surface area contributed by atoms with E-state index >= 15 is 0 Å². The maximum absolute atomic E-state index is 9.84. The smallest absolute Gasteiger partial charge is 0.130 e. The van der Waals surface area contributed by atoms with Crippen molar-refractivity contribution in [3.8, 4) is 16.9 Å². The van der Waals surface area contributed by atoms with Crippen LogP contribution in [0.2, 0.25) is 6.04 Å². The first kappa shape index (κ1) is 20.5. The Morgan fingerprint density at radius 1 is 0.880 bits per heavy atom. The molecular weight excluding hydrogens is 435 g/mol. The first-order valence-corrected chi connectivity index (χ1v) is 13.8. The minimum Gasteiger partial charge on any atom is -0.508 e. The van der Waals surface area contributed by atoms with Gasteiger partial charge >= 0.3 is 0 Å². The summed E-state index contributed by atoms with van der Waals surface area (Å²) in [4.78, 5) is 0. The van der Waals surface area contributed by atoms with Gasteiger partial charge < -0.3 is 5.11 Å². The van der Waals surface area contributed by atoms with E-state index in [4.69, 9.17) is 0 Å². The molecule has 0 fully saturated rings. The Balaban J connectivity index is 2.01. The average molecular weight is 464 g/mol. The number of benzene rings is 2. The van der Waals surface area contributed by atoms with Crippen LogP contribution in [0.25, 0.3) is 11.1 Å². The highest BCUT2D eigenvalue weighted by Crippen LogP contribution is 2.29. The van der Waals surface area contributed by atoms with Crippen molar-refractivity contribution in [3.63, 3.8) is 0 Å². The number of hydrogen-bond donors (Lipinski definition) is 1. The van der Waals surface area contributed by atoms with Crippen molar-refractivity contribution in [2.24, 2.45) is 0 Å². The molecule has 0 aromatic heterocycles. The number of unbranched alkanes of at least 4 members (excludes halogenated alkanes) is 4. The van der Waals surface area contributed by atoms with Crippen molar-refractivity contribution in [1.29, 1.82) is 0 Å². The second-order valence-corrected chi connectivity index (χ2v) is 9.75. The predicted molar refractivity (Wildman–Crippen MR) is 119 cm³/mol. The number of aromatic hydroxyl groups is 1. The summed E-state index contributed by atoms with van der Waals surface area (Å²) in [5.41, 5.74) is 5.24. The fourth-order valence-corrected chi connectivity index (χ4v) is 4.65. The third kappa shape index (κ3) is 7.14. The maximum Gasteiger partial charge on any atom is 0.130 e. The molecule has 0 aliphatic heterocycles. The lowest BCUT2D eigenvalue weighted by atomic mass is 9.95. The van der Waals surface area contributed by atoms with E-state index in [9.17, 15) is 5.11 Å². The molecule has 0 saturated carbocycles. The van der Waals surface area contributed by atoms with Crippen LogP contribution >= 0.6 is 21.8 Å². The van der Waals surface area contributed by atoms with Crippen molar-refractivity contribution in [1.82, 2.24) is 0 Å². The molecule has 2 aromatic carbocycles. The van der Waals surface area contributed by atoms with Crippen molar-refractivity contribution in [2.75, 3.05) is 0 Å². The van der Waals surface area contributed by atoms with Crippen LogP contribution in [0.5, 0.6) is 5.75 Å². The normalized spacial score (nSPS) is 11.0. The first-order chi connectivity index (χ1) is 12.2. The zero-order chi connectivity index (χ0) is 17.9. The summed E-state index contributed by atoms with van der Waals surface area (Å²) in [5, 5.41) is 9.84. The molecule has 0 aliphatic rings. The van der Waals surface area contributed by atoms with E-state index in [1.165, 1.54) is 73.2 Å². The summed E-state index contributed by atoms with van der Waals surface area (Å²) in [6.45, 7) is 2.26. The standard InChI is InChI=1S/C22H29IOSi/c1-2-3-4-5-6-8-18-10-12-19(13-11-18)22-15-14-21(24)17-20(22)9-7-16-25-23/h10-15,17,24H,2-9,16H2,1H3. The molecule has 0 atom stereocenters. The van der Waals surface area contributed by atoms with Crippen LogP contribution in [0.15, 0.2) is 42.5 Å². The molecule has 2 rings (SSSR count). The van der Waals surface area contributed by atoms with Gasteiger partial charge in [-0.1, -0.05) is 75.4 Å². The Labute approximate surface area is 168 Å². The first-order valence-electron chi connectivity index (χ1n) is 9.49. The number of aryl methyl sites for hydroxylation is 2. The van der Waals surface area contributed by atoms with Crippen LogP contribution in [0, 0.1) is 0 Å². The van der Waals surface area contributed by atoms with Crippen molar-refractivity contribution >= 4 is 28.8 Å². The topological polar surface area (TPSA) is 20.2 Å². The van der Waals surface area contributed by atoms with Gasteiger partial charge in [0.05, 0.1) is 0 Å². The molecule has 2 aromatic rings. The SMILES string of the molecule is CCCCCCCc1ccc(-c2ccc(O)cc2CCC[Si]I)cc1. The number of phenols is 1. The monoisotopic (exact) mass is 464 g/mol. The Hall–Kier alpha value is -0.813. The van der Waals surface area contributed by atoms with E-state index < -0.39 is 0 Å². The van der Waals surface area contributed by atoms with Gasteiger partial charge in [-0.2, -0.15) is 0 Å². The van der Waals surface area contributed by atoms with Gasteiger partial charge in [0.15, 0.2) is 0 Å². The molecule has 0 aliphatic carbocycles. The van der Waals surface area contributed by atoms with E-state index in [-0.39, 0.29) is 0 Å². The van der Waals surface area contributed by atoms with Gasteiger partial charge in [0.1, 0.15) is 12.8 Å². The van der Waals surface area contributed by atoms with Gasteiger partial charge in [0.2, 0.25) is 0 Å². The molecule has 0 heterocycles. The zero-order valence-corrected chi connectivity index (χ0v) is 18.4. The highest BCUT2D eigenvalue weighted by Gasteiger charge is 2.07. The van der Waals surface area contributed by atoms with Crippen molar-refractivity contribution in [2.45, 2.75) is 64.3 Å². The highest BCUT2D eigenvalue weighted by molar-refractivity contribution is 14.1.